The Kier molecular flexibility index (Phi) is 4.69. The van der Waals surface area contributed by atoms with Crippen LogP contribution in [0.1, 0.15) is 62.6 Å². The first-order valence-electron chi connectivity index (χ1n) is 10.4. The Morgan fingerprint density at radius 2 is 1.46 bits per heavy atom. The maximum Gasteiger partial charge on any atom is 0.113 e. The van der Waals surface area contributed by atoms with Gasteiger partial charge in [0.1, 0.15) is 8.07 Å². The maximum absolute atomic E-state index is 2.55. The number of rotatable bonds is 7. The summed E-state index contributed by atoms with van der Waals surface area (Å²) in [4.78, 5) is 0. The van der Waals surface area contributed by atoms with Gasteiger partial charge < -0.3 is 0 Å². The lowest BCUT2D eigenvalue weighted by Crippen LogP contribution is -2.39. The molecule has 2 aromatic carbocycles. The van der Waals surface area contributed by atoms with Gasteiger partial charge in [0.2, 0.25) is 0 Å². The Morgan fingerprint density at radius 1 is 0.769 bits per heavy atom. The van der Waals surface area contributed by atoms with Crippen LogP contribution in [0.25, 0.3) is 16.3 Å². The van der Waals surface area contributed by atoms with Crippen LogP contribution in [0.2, 0.25) is 13.1 Å². The van der Waals surface area contributed by atoms with Gasteiger partial charge in [-0.15, -0.1) is 0 Å². The van der Waals surface area contributed by atoms with Crippen LogP contribution in [0.3, 0.4) is 0 Å². The molecule has 1 radical (unpaired) electrons. The zero-order valence-corrected chi connectivity index (χ0v) is 17.8. The van der Waals surface area contributed by atoms with Crippen LogP contribution in [0.5, 0.6) is 0 Å². The van der Waals surface area contributed by atoms with Gasteiger partial charge in [-0.05, 0) is 63.9 Å². The number of fused-ring (bicyclic) bond motifs is 1. The lowest BCUT2D eigenvalue weighted by atomic mass is 9.96. The Bertz CT molecular complexity index is 852. The molecule has 2 bridgehead atoms. The first-order valence-corrected chi connectivity index (χ1v) is 13.4. The van der Waals surface area contributed by atoms with E-state index in [0.29, 0.717) is 0 Å². The summed E-state index contributed by atoms with van der Waals surface area (Å²) < 4.78 is 0. The van der Waals surface area contributed by atoms with Gasteiger partial charge in [-0.2, -0.15) is 0 Å². The molecule has 0 nitrogen and oxygen atoms in total. The summed E-state index contributed by atoms with van der Waals surface area (Å²) in [5.41, 5.74) is 9.16. The van der Waals surface area contributed by atoms with Gasteiger partial charge in [0, 0.05) is 6.42 Å². The van der Waals surface area contributed by atoms with Crippen LogP contribution in [0.4, 0.5) is 0 Å². The summed E-state index contributed by atoms with van der Waals surface area (Å²) in [6.07, 6.45) is 10.1. The summed E-state index contributed by atoms with van der Waals surface area (Å²) >= 11 is 0. The van der Waals surface area contributed by atoms with Gasteiger partial charge >= 0.3 is 0 Å². The molecule has 0 aromatic heterocycles. The van der Waals surface area contributed by atoms with Crippen molar-refractivity contribution in [2.45, 2.75) is 65.5 Å². The highest BCUT2D eigenvalue weighted by atomic mass is 28.3. The predicted molar refractivity (Wildman–Crippen MR) is 117 cm³/mol. The Labute approximate surface area is 160 Å². The molecule has 1 heterocycles. The molecule has 1 heteroatoms. The normalized spacial score (nSPS) is 16.6. The molecule has 1 aliphatic heterocycles. The third kappa shape index (κ3) is 2.72. The minimum atomic E-state index is -1.57. The van der Waals surface area contributed by atoms with E-state index in [1.165, 1.54) is 55.2 Å². The van der Waals surface area contributed by atoms with Crippen LogP contribution >= 0.6 is 0 Å². The first kappa shape index (κ1) is 17.8. The van der Waals surface area contributed by atoms with E-state index < -0.39 is 8.07 Å². The molecule has 0 spiro atoms. The molecule has 1 aliphatic carbocycles. The van der Waals surface area contributed by atoms with Crippen molar-refractivity contribution in [2.75, 3.05) is 0 Å². The van der Waals surface area contributed by atoms with Crippen molar-refractivity contribution in [3.63, 3.8) is 0 Å². The molecule has 4 rings (SSSR count). The number of unbranched alkanes of at least 4 members (excludes halogenated alkanes) is 2. The van der Waals surface area contributed by atoms with E-state index in [1.807, 2.05) is 0 Å². The molecule has 0 N–H and O–H groups in total. The highest BCUT2D eigenvalue weighted by Gasteiger charge is 2.45. The van der Waals surface area contributed by atoms with E-state index in [2.05, 4.69) is 69.8 Å². The maximum atomic E-state index is 2.55. The summed E-state index contributed by atoms with van der Waals surface area (Å²) in [5, 5.41) is 3.39. The minimum absolute atomic E-state index is 1.21. The summed E-state index contributed by atoms with van der Waals surface area (Å²) in [6.45, 7) is 9.68. The number of hydrogen-bond acceptors (Lipinski definition) is 0. The largest absolute Gasteiger partial charge is 0.113 e. The molecule has 2 aliphatic rings. The highest BCUT2D eigenvalue weighted by molar-refractivity contribution is 7.07. The van der Waals surface area contributed by atoms with Crippen LogP contribution in [-0.2, 0) is 6.42 Å². The number of hydrogen-bond donors (Lipinski definition) is 0. The van der Waals surface area contributed by atoms with Crippen molar-refractivity contribution in [3.8, 4) is 11.1 Å². The average molecular weight is 360 g/mol. The first-order chi connectivity index (χ1) is 12.6. The molecule has 0 atom stereocenters. The van der Waals surface area contributed by atoms with E-state index in [-0.39, 0.29) is 0 Å². The number of allylic oxidation sites excluding steroid dienone is 1. The Hall–Kier alpha value is -1.60. The fourth-order valence-corrected chi connectivity index (χ4v) is 8.44. The molecular formula is C25H31Si. The van der Waals surface area contributed by atoms with Crippen LogP contribution in [0.15, 0.2) is 42.0 Å². The lowest BCUT2D eigenvalue weighted by Gasteiger charge is -2.22. The lowest BCUT2D eigenvalue weighted by molar-refractivity contribution is 0.795. The molecule has 0 fully saturated rings. The third-order valence-corrected chi connectivity index (χ3v) is 9.88. The highest BCUT2D eigenvalue weighted by Crippen LogP contribution is 2.50. The fourth-order valence-electron chi connectivity index (χ4n) is 4.88. The van der Waals surface area contributed by atoms with E-state index in [9.17, 15) is 0 Å². The SMILES string of the molecule is CCCCC1=C2c3c(ccc(c3-c3ccc(CCCC)cc3)[Si]2(C)C)[CH]1. The summed E-state index contributed by atoms with van der Waals surface area (Å²) in [6, 6.07) is 14.3. The molecule has 0 unspecified atom stereocenters. The average Bonchev–Trinajstić information content (AvgIpc) is 3.10. The smallest absolute Gasteiger partial charge is 0.0654 e. The molecule has 0 amide bonds. The summed E-state index contributed by atoms with van der Waals surface area (Å²) in [5.74, 6) is 0. The van der Waals surface area contributed by atoms with Gasteiger partial charge in [0.15, 0.2) is 0 Å². The molecule has 26 heavy (non-hydrogen) atoms. The van der Waals surface area contributed by atoms with Gasteiger partial charge in [-0.1, -0.05) is 81.8 Å². The number of benzene rings is 2. The zero-order valence-electron chi connectivity index (χ0n) is 16.8. The fraction of sp³-hybridized carbons (Fsp3) is 0.400. The van der Waals surface area contributed by atoms with Gasteiger partial charge in [0.05, 0.1) is 0 Å². The van der Waals surface area contributed by atoms with Crippen molar-refractivity contribution in [1.29, 1.82) is 0 Å². The molecular weight excluding hydrogens is 328 g/mol. The van der Waals surface area contributed by atoms with Crippen molar-refractivity contribution < 1.29 is 0 Å². The van der Waals surface area contributed by atoms with Crippen LogP contribution in [0, 0.1) is 6.42 Å². The van der Waals surface area contributed by atoms with Crippen LogP contribution < -0.4 is 5.19 Å². The van der Waals surface area contributed by atoms with Crippen molar-refractivity contribution in [3.05, 3.63) is 65.1 Å². The van der Waals surface area contributed by atoms with Gasteiger partial charge in [0.25, 0.3) is 0 Å². The molecule has 0 saturated heterocycles. The van der Waals surface area contributed by atoms with Gasteiger partial charge in [-0.3, -0.25) is 0 Å². The third-order valence-electron chi connectivity index (χ3n) is 6.30. The quantitative estimate of drug-likeness (QED) is 0.484. The van der Waals surface area contributed by atoms with Crippen molar-refractivity contribution in [2.24, 2.45) is 0 Å². The second kappa shape index (κ2) is 6.85. The Balaban J connectivity index is 1.78. The monoisotopic (exact) mass is 359 g/mol. The van der Waals surface area contributed by atoms with E-state index in [4.69, 9.17) is 0 Å². The minimum Gasteiger partial charge on any atom is -0.0654 e. The van der Waals surface area contributed by atoms with E-state index in [1.54, 1.807) is 27.1 Å². The molecule has 135 valence electrons. The van der Waals surface area contributed by atoms with Gasteiger partial charge in [-0.25, -0.2) is 0 Å². The zero-order chi connectivity index (χ0) is 18.3. The topological polar surface area (TPSA) is 0 Å². The molecule has 2 aromatic rings. The second-order valence-electron chi connectivity index (χ2n) is 8.53. The molecule has 0 saturated carbocycles. The second-order valence-corrected chi connectivity index (χ2v) is 12.8. The Morgan fingerprint density at radius 3 is 2.15 bits per heavy atom. The van der Waals surface area contributed by atoms with E-state index >= 15 is 0 Å². The summed E-state index contributed by atoms with van der Waals surface area (Å²) in [7, 11) is -1.57. The number of aryl methyl sites for hydroxylation is 1. The van der Waals surface area contributed by atoms with Crippen molar-refractivity contribution in [1.82, 2.24) is 0 Å². The predicted octanol–water partition coefficient (Wildman–Crippen LogP) is 6.67. The van der Waals surface area contributed by atoms with E-state index in [0.717, 1.165) is 0 Å². The van der Waals surface area contributed by atoms with Crippen molar-refractivity contribution >= 4 is 18.5 Å². The standard InChI is InChI=1S/C25H31Si/c1-5-7-9-18-11-13-19(14-12-18)23-22-16-15-20-17-21(10-8-6-2)25(24(20)23)26(22,3)4/h11-17H,5-10H2,1-4H3. The van der Waals surface area contributed by atoms with Crippen LogP contribution in [-0.4, -0.2) is 8.07 Å².